The van der Waals surface area contributed by atoms with E-state index >= 15 is 0 Å². The Balaban J connectivity index is 3.39. The largest absolute Gasteiger partial charge is 0.444 e. The fourth-order valence-electron chi connectivity index (χ4n) is 3.43. The van der Waals surface area contributed by atoms with Crippen molar-refractivity contribution in [1.29, 1.82) is 0 Å². The summed E-state index contributed by atoms with van der Waals surface area (Å²) in [7, 11) is 0. The lowest BCUT2D eigenvalue weighted by Gasteiger charge is -2.34. The normalized spacial score (nSPS) is 12.9. The molecule has 1 aromatic rings. The molecule has 3 N–H and O–H groups in total. The highest BCUT2D eigenvalue weighted by molar-refractivity contribution is 7.98. The van der Waals surface area contributed by atoms with Crippen LogP contribution in [0.2, 0.25) is 0 Å². The summed E-state index contributed by atoms with van der Waals surface area (Å²) in [4.78, 5) is 41.0. The van der Waals surface area contributed by atoms with Gasteiger partial charge in [0.05, 0.1) is 6.61 Å². The number of carbonyl (C=O) groups is 3. The van der Waals surface area contributed by atoms with Gasteiger partial charge >= 0.3 is 6.09 Å². The number of amides is 3. The Labute approximate surface area is 213 Å². The standard InChI is InChI=1S/C26H41N3O5S/c1-7-9-14-27-23(31)22(20-12-10-11-19(8-2)18-20)29(15-16-30)24(32)21(13-17-35-6)28-25(33)34-26(3,4)5/h8,10-12,18,21-22,30H,2,7,9,13-17H2,1,3-6H3,(H,27,31)(H,28,33). The quantitative estimate of drug-likeness (QED) is 0.331. The van der Waals surface area contributed by atoms with Crippen LogP contribution in [0.25, 0.3) is 6.08 Å². The van der Waals surface area contributed by atoms with E-state index in [1.165, 1.54) is 16.7 Å². The van der Waals surface area contributed by atoms with Crippen LogP contribution in [0.15, 0.2) is 30.8 Å². The number of hydrogen-bond acceptors (Lipinski definition) is 6. The van der Waals surface area contributed by atoms with E-state index < -0.39 is 29.7 Å². The summed E-state index contributed by atoms with van der Waals surface area (Å²) in [6.45, 7) is 11.1. The van der Waals surface area contributed by atoms with E-state index in [-0.39, 0.29) is 19.1 Å². The first-order valence-corrected chi connectivity index (χ1v) is 13.4. The molecule has 1 rings (SSSR count). The number of nitrogens with one attached hydrogen (secondary N) is 2. The van der Waals surface area contributed by atoms with Gasteiger partial charge in [-0.3, -0.25) is 9.59 Å². The zero-order valence-corrected chi connectivity index (χ0v) is 22.5. The van der Waals surface area contributed by atoms with Crippen molar-refractivity contribution in [1.82, 2.24) is 15.5 Å². The Hall–Kier alpha value is -2.52. The molecule has 0 fully saturated rings. The summed E-state index contributed by atoms with van der Waals surface area (Å²) in [6.07, 6.45) is 4.92. The van der Waals surface area contributed by atoms with Gasteiger partial charge < -0.3 is 25.4 Å². The van der Waals surface area contributed by atoms with Crippen LogP contribution in [0.3, 0.4) is 0 Å². The van der Waals surface area contributed by atoms with Gasteiger partial charge in [-0.25, -0.2) is 4.79 Å². The summed E-state index contributed by atoms with van der Waals surface area (Å²) >= 11 is 1.54. The van der Waals surface area contributed by atoms with Crippen LogP contribution < -0.4 is 10.6 Å². The molecule has 0 spiro atoms. The van der Waals surface area contributed by atoms with Gasteiger partial charge in [-0.05, 0) is 62.8 Å². The molecule has 0 saturated carbocycles. The first-order chi connectivity index (χ1) is 16.6. The average molecular weight is 508 g/mol. The lowest BCUT2D eigenvalue weighted by atomic mass is 10.00. The molecule has 0 saturated heterocycles. The van der Waals surface area contributed by atoms with Crippen molar-refractivity contribution in [2.45, 2.75) is 64.6 Å². The van der Waals surface area contributed by atoms with Crippen LogP contribution in [-0.2, 0) is 14.3 Å². The number of alkyl carbamates (subject to hydrolysis) is 1. The van der Waals surface area contributed by atoms with Crippen molar-refractivity contribution in [2.24, 2.45) is 0 Å². The van der Waals surface area contributed by atoms with Gasteiger partial charge in [0.25, 0.3) is 0 Å². The first kappa shape index (κ1) is 30.5. The van der Waals surface area contributed by atoms with Crippen molar-refractivity contribution in [3.63, 3.8) is 0 Å². The molecular weight excluding hydrogens is 466 g/mol. The molecule has 0 heterocycles. The number of rotatable bonds is 14. The number of nitrogens with zero attached hydrogens (tertiary/aromatic N) is 1. The lowest BCUT2D eigenvalue weighted by molar-refractivity contribution is -0.143. The van der Waals surface area contributed by atoms with Gasteiger partial charge in [-0.2, -0.15) is 11.8 Å². The fourth-order valence-corrected chi connectivity index (χ4v) is 3.90. The van der Waals surface area contributed by atoms with Gasteiger partial charge in [0.15, 0.2) is 0 Å². The molecular formula is C26H41N3O5S. The Morgan fingerprint density at radius 1 is 1.29 bits per heavy atom. The third-order valence-corrected chi connectivity index (χ3v) is 5.72. The molecule has 2 atom stereocenters. The van der Waals surface area contributed by atoms with Crippen LogP contribution in [0.1, 0.15) is 64.1 Å². The van der Waals surface area contributed by atoms with E-state index in [2.05, 4.69) is 17.2 Å². The predicted molar refractivity (Wildman–Crippen MR) is 142 cm³/mol. The Morgan fingerprint density at radius 2 is 2.00 bits per heavy atom. The lowest BCUT2D eigenvalue weighted by Crippen LogP contribution is -2.54. The van der Waals surface area contributed by atoms with E-state index in [0.29, 0.717) is 24.3 Å². The number of carbonyl (C=O) groups excluding carboxylic acids is 3. The molecule has 35 heavy (non-hydrogen) atoms. The molecule has 2 unspecified atom stereocenters. The summed E-state index contributed by atoms with van der Waals surface area (Å²) in [5, 5.41) is 15.4. The average Bonchev–Trinajstić information content (AvgIpc) is 2.80. The first-order valence-electron chi connectivity index (χ1n) is 12.0. The third-order valence-electron chi connectivity index (χ3n) is 5.08. The number of unbranched alkanes of at least 4 members (excludes halogenated alkanes) is 1. The maximum atomic E-state index is 13.8. The van der Waals surface area contributed by atoms with Gasteiger partial charge in [0.2, 0.25) is 11.8 Å². The molecule has 0 bridgehead atoms. The summed E-state index contributed by atoms with van der Waals surface area (Å²) in [5.41, 5.74) is 0.671. The van der Waals surface area contributed by atoms with Gasteiger partial charge in [0.1, 0.15) is 17.7 Å². The molecule has 0 aliphatic carbocycles. The minimum atomic E-state index is -0.983. The van der Waals surface area contributed by atoms with Crippen LogP contribution in [0.4, 0.5) is 4.79 Å². The van der Waals surface area contributed by atoms with Crippen molar-refractivity contribution in [3.05, 3.63) is 42.0 Å². The summed E-state index contributed by atoms with van der Waals surface area (Å²) < 4.78 is 5.36. The van der Waals surface area contributed by atoms with Crippen molar-refractivity contribution >= 4 is 35.7 Å². The van der Waals surface area contributed by atoms with Crippen molar-refractivity contribution in [2.75, 3.05) is 31.7 Å². The molecule has 0 radical (unpaired) electrons. The topological polar surface area (TPSA) is 108 Å². The second kappa shape index (κ2) is 15.5. The highest BCUT2D eigenvalue weighted by atomic mass is 32.2. The maximum absolute atomic E-state index is 13.8. The van der Waals surface area contributed by atoms with Gasteiger partial charge in [-0.1, -0.05) is 44.2 Å². The zero-order chi connectivity index (χ0) is 26.4. The molecule has 0 aromatic heterocycles. The molecule has 196 valence electrons. The minimum absolute atomic E-state index is 0.0746. The molecule has 9 heteroatoms. The van der Waals surface area contributed by atoms with E-state index in [9.17, 15) is 19.5 Å². The molecule has 1 aromatic carbocycles. The van der Waals surface area contributed by atoms with E-state index in [1.54, 1.807) is 45.0 Å². The van der Waals surface area contributed by atoms with Crippen LogP contribution >= 0.6 is 11.8 Å². The van der Waals surface area contributed by atoms with Crippen LogP contribution in [0.5, 0.6) is 0 Å². The third kappa shape index (κ3) is 10.7. The fraction of sp³-hybridized carbons (Fsp3) is 0.577. The molecule has 0 aliphatic rings. The van der Waals surface area contributed by atoms with Crippen molar-refractivity contribution in [3.8, 4) is 0 Å². The predicted octanol–water partition coefficient (Wildman–Crippen LogP) is 3.75. The highest BCUT2D eigenvalue weighted by Crippen LogP contribution is 2.24. The van der Waals surface area contributed by atoms with Crippen molar-refractivity contribution < 1.29 is 24.2 Å². The zero-order valence-electron chi connectivity index (χ0n) is 21.6. The number of ether oxygens (including phenoxy) is 1. The minimum Gasteiger partial charge on any atom is -0.444 e. The number of aliphatic hydroxyl groups excluding tert-OH is 1. The monoisotopic (exact) mass is 507 g/mol. The maximum Gasteiger partial charge on any atom is 0.408 e. The molecule has 3 amide bonds. The summed E-state index contributed by atoms with van der Waals surface area (Å²) in [5.74, 6) is -0.195. The van der Waals surface area contributed by atoms with Crippen LogP contribution in [0, 0.1) is 0 Å². The van der Waals surface area contributed by atoms with Gasteiger partial charge in [-0.15, -0.1) is 0 Å². The Bertz CT molecular complexity index is 841. The molecule has 0 aliphatic heterocycles. The SMILES string of the molecule is C=Cc1cccc(C(C(=O)NCCCC)N(CCO)C(=O)C(CCSC)NC(=O)OC(C)(C)C)c1. The second-order valence-electron chi connectivity index (χ2n) is 9.16. The number of benzene rings is 1. The van der Waals surface area contributed by atoms with Gasteiger partial charge in [0, 0.05) is 13.1 Å². The van der Waals surface area contributed by atoms with Crippen LogP contribution in [-0.4, -0.2) is 71.3 Å². The van der Waals surface area contributed by atoms with E-state index in [1.807, 2.05) is 19.2 Å². The Kier molecular flexibility index (Phi) is 13.5. The smallest absolute Gasteiger partial charge is 0.408 e. The number of aliphatic hydroxyl groups is 1. The summed E-state index contributed by atoms with van der Waals surface area (Å²) in [6, 6.07) is 5.32. The Morgan fingerprint density at radius 3 is 2.57 bits per heavy atom. The van der Waals surface area contributed by atoms with E-state index in [4.69, 9.17) is 4.74 Å². The van der Waals surface area contributed by atoms with E-state index in [0.717, 1.165) is 18.4 Å². The second-order valence-corrected chi connectivity index (χ2v) is 10.1. The highest BCUT2D eigenvalue weighted by Gasteiger charge is 2.35. The number of thioether (sulfide) groups is 1. The number of hydrogen-bond donors (Lipinski definition) is 3. The molecule has 8 nitrogen and oxygen atoms in total.